The molecule has 0 aliphatic carbocycles. The van der Waals surface area contributed by atoms with Crippen LogP contribution in [-0.4, -0.2) is 48.1 Å². The fourth-order valence-electron chi connectivity index (χ4n) is 3.18. The second kappa shape index (κ2) is 8.26. The Morgan fingerprint density at radius 3 is 2.96 bits per heavy atom. The van der Waals surface area contributed by atoms with Gasteiger partial charge in [0.05, 0.1) is 11.3 Å². The summed E-state index contributed by atoms with van der Waals surface area (Å²) < 4.78 is 19.6. The number of benzene rings is 1. The molecular formula is C20H23FN4O. The van der Waals surface area contributed by atoms with Gasteiger partial charge in [0.15, 0.2) is 0 Å². The standard InChI is InChI=1S/C20H23FN4O/c1-24(2)13-17-10-18(5-7-23-17)26-19-6-8-25(14-19)12-15-3-4-20(21)16(9-15)11-22/h3-5,7,9-10,19H,6,8,12-14H2,1-2H3. The fourth-order valence-corrected chi connectivity index (χ4v) is 3.18. The molecule has 0 amide bonds. The first-order valence-corrected chi connectivity index (χ1v) is 8.70. The predicted octanol–water partition coefficient (Wildman–Crippen LogP) is 2.81. The lowest BCUT2D eigenvalue weighted by Gasteiger charge is -2.17. The van der Waals surface area contributed by atoms with Gasteiger partial charge in [-0.25, -0.2) is 4.39 Å². The first-order valence-electron chi connectivity index (χ1n) is 8.70. The van der Waals surface area contributed by atoms with Crippen molar-refractivity contribution in [1.82, 2.24) is 14.8 Å². The first-order chi connectivity index (χ1) is 12.5. The molecule has 0 spiro atoms. The van der Waals surface area contributed by atoms with Crippen LogP contribution in [-0.2, 0) is 13.1 Å². The monoisotopic (exact) mass is 354 g/mol. The van der Waals surface area contributed by atoms with Crippen molar-refractivity contribution in [3.05, 3.63) is 59.2 Å². The number of aromatic nitrogens is 1. The van der Waals surface area contributed by atoms with Gasteiger partial charge in [0.1, 0.15) is 23.7 Å². The van der Waals surface area contributed by atoms with Crippen molar-refractivity contribution in [2.45, 2.75) is 25.6 Å². The second-order valence-electron chi connectivity index (χ2n) is 6.91. The van der Waals surface area contributed by atoms with E-state index in [1.807, 2.05) is 32.3 Å². The van der Waals surface area contributed by atoms with Crippen LogP contribution >= 0.6 is 0 Å². The lowest BCUT2D eigenvalue weighted by Crippen LogP contribution is -2.24. The normalized spacial score (nSPS) is 17.4. The van der Waals surface area contributed by atoms with E-state index in [2.05, 4.69) is 14.8 Å². The van der Waals surface area contributed by atoms with Gasteiger partial charge in [0.25, 0.3) is 0 Å². The molecule has 1 atom stereocenters. The van der Waals surface area contributed by atoms with Crippen molar-refractivity contribution < 1.29 is 9.13 Å². The minimum absolute atomic E-state index is 0.0969. The van der Waals surface area contributed by atoms with Crippen molar-refractivity contribution in [3.8, 4) is 11.8 Å². The molecule has 6 heteroatoms. The Morgan fingerprint density at radius 2 is 2.19 bits per heavy atom. The molecule has 2 heterocycles. The van der Waals surface area contributed by atoms with E-state index in [-0.39, 0.29) is 11.7 Å². The molecule has 1 aromatic heterocycles. The van der Waals surface area contributed by atoms with E-state index in [1.54, 1.807) is 18.3 Å². The highest BCUT2D eigenvalue weighted by Crippen LogP contribution is 2.21. The Hall–Kier alpha value is -2.49. The molecule has 136 valence electrons. The number of rotatable bonds is 6. The lowest BCUT2D eigenvalue weighted by molar-refractivity contribution is 0.198. The lowest BCUT2D eigenvalue weighted by atomic mass is 10.1. The maximum Gasteiger partial charge on any atom is 0.140 e. The summed E-state index contributed by atoms with van der Waals surface area (Å²) in [4.78, 5) is 8.70. The molecular weight excluding hydrogens is 331 g/mol. The summed E-state index contributed by atoms with van der Waals surface area (Å²) in [7, 11) is 4.02. The molecule has 1 aliphatic rings. The van der Waals surface area contributed by atoms with E-state index in [4.69, 9.17) is 10.00 Å². The summed E-state index contributed by atoms with van der Waals surface area (Å²) >= 11 is 0. The summed E-state index contributed by atoms with van der Waals surface area (Å²) in [6, 6.07) is 10.5. The summed E-state index contributed by atoms with van der Waals surface area (Å²) in [5, 5.41) is 8.96. The number of pyridine rings is 1. The molecule has 0 radical (unpaired) electrons. The maximum absolute atomic E-state index is 13.4. The van der Waals surface area contributed by atoms with Gasteiger partial charge in [-0.05, 0) is 44.3 Å². The Kier molecular flexibility index (Phi) is 5.82. The van der Waals surface area contributed by atoms with Crippen molar-refractivity contribution in [2.75, 3.05) is 27.2 Å². The molecule has 3 rings (SSSR count). The van der Waals surface area contributed by atoms with Crippen LogP contribution in [0.4, 0.5) is 4.39 Å². The predicted molar refractivity (Wildman–Crippen MR) is 97.1 cm³/mol. The summed E-state index contributed by atoms with van der Waals surface area (Å²) in [6.07, 6.45) is 2.85. The molecule has 1 aliphatic heterocycles. The molecule has 5 nitrogen and oxygen atoms in total. The zero-order chi connectivity index (χ0) is 18.5. The van der Waals surface area contributed by atoms with Gasteiger partial charge < -0.3 is 9.64 Å². The smallest absolute Gasteiger partial charge is 0.140 e. The average Bonchev–Trinajstić information content (AvgIpc) is 3.03. The molecule has 0 N–H and O–H groups in total. The summed E-state index contributed by atoms with van der Waals surface area (Å²) in [5.41, 5.74) is 2.03. The number of hydrogen-bond acceptors (Lipinski definition) is 5. The van der Waals surface area contributed by atoms with Crippen LogP contribution in [0.25, 0.3) is 0 Å². The quantitative estimate of drug-likeness (QED) is 0.798. The number of hydrogen-bond donors (Lipinski definition) is 0. The third-order valence-corrected chi connectivity index (χ3v) is 4.36. The van der Waals surface area contributed by atoms with Gasteiger partial charge in [-0.15, -0.1) is 0 Å². The summed E-state index contributed by atoms with van der Waals surface area (Å²) in [6.45, 7) is 3.20. The van der Waals surface area contributed by atoms with Crippen molar-refractivity contribution in [3.63, 3.8) is 0 Å². The number of halogens is 1. The molecule has 26 heavy (non-hydrogen) atoms. The van der Waals surface area contributed by atoms with E-state index in [0.29, 0.717) is 6.54 Å². The molecule has 1 saturated heterocycles. The third-order valence-electron chi connectivity index (χ3n) is 4.36. The van der Waals surface area contributed by atoms with Gasteiger partial charge >= 0.3 is 0 Å². The van der Waals surface area contributed by atoms with Crippen LogP contribution < -0.4 is 4.74 Å². The van der Waals surface area contributed by atoms with Crippen LogP contribution in [0.15, 0.2) is 36.5 Å². The Balaban J connectivity index is 1.57. The van der Waals surface area contributed by atoms with Gasteiger partial charge in [-0.1, -0.05) is 6.07 Å². The van der Waals surface area contributed by atoms with Gasteiger partial charge in [-0.3, -0.25) is 9.88 Å². The molecule has 0 bridgehead atoms. The topological polar surface area (TPSA) is 52.4 Å². The van der Waals surface area contributed by atoms with Crippen molar-refractivity contribution >= 4 is 0 Å². The Labute approximate surface area is 153 Å². The van der Waals surface area contributed by atoms with Crippen molar-refractivity contribution in [1.29, 1.82) is 5.26 Å². The van der Waals surface area contributed by atoms with Crippen LogP contribution in [0, 0.1) is 17.1 Å². The molecule has 1 aromatic carbocycles. The highest BCUT2D eigenvalue weighted by molar-refractivity contribution is 5.34. The largest absolute Gasteiger partial charge is 0.489 e. The average molecular weight is 354 g/mol. The van der Waals surface area contributed by atoms with Gasteiger partial charge in [-0.2, -0.15) is 5.26 Å². The zero-order valence-corrected chi connectivity index (χ0v) is 15.2. The first kappa shape index (κ1) is 18.3. The summed E-state index contributed by atoms with van der Waals surface area (Å²) in [5.74, 6) is 0.377. The van der Waals surface area contributed by atoms with Crippen molar-refractivity contribution in [2.24, 2.45) is 0 Å². The number of likely N-dealkylation sites (tertiary alicyclic amines) is 1. The third kappa shape index (κ3) is 4.78. The van der Waals surface area contributed by atoms with E-state index in [9.17, 15) is 4.39 Å². The Morgan fingerprint density at radius 1 is 1.35 bits per heavy atom. The van der Waals surface area contributed by atoms with Crippen LogP contribution in [0.3, 0.4) is 0 Å². The maximum atomic E-state index is 13.4. The SMILES string of the molecule is CN(C)Cc1cc(OC2CCN(Cc3ccc(F)c(C#N)c3)C2)ccn1. The minimum Gasteiger partial charge on any atom is -0.489 e. The molecule has 2 aromatic rings. The molecule has 1 fully saturated rings. The minimum atomic E-state index is -0.468. The highest BCUT2D eigenvalue weighted by atomic mass is 19.1. The van der Waals surface area contributed by atoms with Gasteiger partial charge in [0, 0.05) is 38.4 Å². The van der Waals surface area contributed by atoms with Gasteiger partial charge in [0.2, 0.25) is 0 Å². The number of nitriles is 1. The van der Waals surface area contributed by atoms with E-state index in [1.165, 1.54) is 6.07 Å². The number of nitrogens with zero attached hydrogens (tertiary/aromatic N) is 4. The molecule has 1 unspecified atom stereocenters. The molecule has 0 saturated carbocycles. The second-order valence-corrected chi connectivity index (χ2v) is 6.91. The van der Waals surface area contributed by atoms with Crippen LogP contribution in [0.2, 0.25) is 0 Å². The van der Waals surface area contributed by atoms with Crippen LogP contribution in [0.1, 0.15) is 23.2 Å². The zero-order valence-electron chi connectivity index (χ0n) is 15.2. The van der Waals surface area contributed by atoms with E-state index < -0.39 is 5.82 Å². The van der Waals surface area contributed by atoms with E-state index in [0.717, 1.165) is 43.1 Å². The Bertz CT molecular complexity index is 803. The van der Waals surface area contributed by atoms with E-state index >= 15 is 0 Å². The highest BCUT2D eigenvalue weighted by Gasteiger charge is 2.24. The number of ether oxygens (including phenoxy) is 1. The fraction of sp³-hybridized carbons (Fsp3) is 0.400. The van der Waals surface area contributed by atoms with Crippen LogP contribution in [0.5, 0.6) is 5.75 Å².